The summed E-state index contributed by atoms with van der Waals surface area (Å²) in [5.41, 5.74) is 0.920. The molecule has 0 saturated carbocycles. The zero-order chi connectivity index (χ0) is 8.81. The number of hydrogen-bond donors (Lipinski definition) is 2. The predicted octanol–water partition coefficient (Wildman–Crippen LogP) is 1.99. The van der Waals surface area contributed by atoms with Crippen LogP contribution in [-0.4, -0.2) is 11.3 Å². The van der Waals surface area contributed by atoms with Crippen molar-refractivity contribution in [1.82, 2.24) is 0 Å². The van der Waals surface area contributed by atoms with E-state index in [-0.39, 0.29) is 0 Å². The monoisotopic (exact) mass is 163 g/mol. The minimum absolute atomic E-state index is 0.600. The van der Waals surface area contributed by atoms with Crippen LogP contribution in [0.3, 0.4) is 0 Å². The highest BCUT2D eigenvalue weighted by Gasteiger charge is 1.95. The van der Waals surface area contributed by atoms with Crippen LogP contribution in [0.15, 0.2) is 42.5 Å². The van der Waals surface area contributed by atoms with Crippen LogP contribution in [0.2, 0.25) is 0 Å². The second kappa shape index (κ2) is 4.57. The van der Waals surface area contributed by atoms with Gasteiger partial charge in [-0.15, -0.1) is 0 Å². The third kappa shape index (κ3) is 2.76. The van der Waals surface area contributed by atoms with Gasteiger partial charge in [-0.25, -0.2) is 0 Å². The fourth-order valence-electron chi connectivity index (χ4n) is 0.936. The molecular weight excluding hydrogens is 150 g/mol. The van der Waals surface area contributed by atoms with Crippen LogP contribution in [-0.2, 0) is 0 Å². The van der Waals surface area contributed by atoms with Crippen molar-refractivity contribution in [3.63, 3.8) is 0 Å². The van der Waals surface area contributed by atoms with Crippen LogP contribution in [0.25, 0.3) is 0 Å². The number of hydrogen-bond acceptors (Lipinski definition) is 2. The Kier molecular flexibility index (Phi) is 3.35. The highest BCUT2D eigenvalue weighted by molar-refractivity contribution is 5.43. The molecule has 1 aromatic rings. The number of benzene rings is 1. The molecule has 0 heterocycles. The molecule has 1 atom stereocenters. The molecule has 0 fully saturated rings. The van der Waals surface area contributed by atoms with Crippen LogP contribution >= 0.6 is 0 Å². The summed E-state index contributed by atoms with van der Waals surface area (Å²) in [5, 5.41) is 12.2. The molecular formula is C10H13NO. The van der Waals surface area contributed by atoms with Gasteiger partial charge in [0.15, 0.2) is 0 Å². The van der Waals surface area contributed by atoms with Gasteiger partial charge in [-0.3, -0.25) is 0 Å². The molecule has 2 heteroatoms. The number of rotatable bonds is 3. The Bertz CT molecular complexity index is 243. The number of allylic oxidation sites excluding steroid dienone is 1. The first-order valence-corrected chi connectivity index (χ1v) is 3.95. The van der Waals surface area contributed by atoms with E-state index in [9.17, 15) is 5.11 Å². The molecule has 0 aliphatic carbocycles. The summed E-state index contributed by atoms with van der Waals surface area (Å²) < 4.78 is 0. The molecule has 0 amide bonds. The van der Waals surface area contributed by atoms with Gasteiger partial charge in [0.25, 0.3) is 0 Å². The Morgan fingerprint density at radius 2 is 2.00 bits per heavy atom. The first-order valence-electron chi connectivity index (χ1n) is 3.95. The highest BCUT2D eigenvalue weighted by atomic mass is 16.3. The first kappa shape index (κ1) is 8.81. The van der Waals surface area contributed by atoms with E-state index < -0.39 is 6.23 Å². The summed E-state index contributed by atoms with van der Waals surface area (Å²) >= 11 is 0. The van der Waals surface area contributed by atoms with Gasteiger partial charge in [-0.2, -0.15) is 0 Å². The van der Waals surface area contributed by atoms with E-state index in [0.717, 1.165) is 5.69 Å². The molecule has 0 radical (unpaired) electrons. The molecule has 64 valence electrons. The Balaban J connectivity index is 2.52. The number of para-hydroxylation sites is 1. The molecule has 0 aliphatic rings. The molecule has 1 unspecified atom stereocenters. The van der Waals surface area contributed by atoms with Crippen molar-refractivity contribution in [2.75, 3.05) is 5.32 Å². The summed E-state index contributed by atoms with van der Waals surface area (Å²) in [7, 11) is 0. The molecule has 0 saturated heterocycles. The molecule has 1 aromatic carbocycles. The summed E-state index contributed by atoms with van der Waals surface area (Å²) in [4.78, 5) is 0. The van der Waals surface area contributed by atoms with Crippen LogP contribution in [0.4, 0.5) is 5.69 Å². The summed E-state index contributed by atoms with van der Waals surface area (Å²) in [6.45, 7) is 1.87. The quantitative estimate of drug-likeness (QED) is 0.527. The summed E-state index contributed by atoms with van der Waals surface area (Å²) in [6, 6.07) is 9.60. The number of aliphatic hydroxyl groups is 1. The van der Waals surface area contributed by atoms with E-state index in [0.29, 0.717) is 0 Å². The SMILES string of the molecule is CC=CC(O)Nc1ccccc1. The maximum absolute atomic E-state index is 9.30. The average Bonchev–Trinajstić information content (AvgIpc) is 2.06. The first-order chi connectivity index (χ1) is 5.83. The minimum Gasteiger partial charge on any atom is -0.370 e. The predicted molar refractivity (Wildman–Crippen MR) is 50.9 cm³/mol. The number of anilines is 1. The van der Waals surface area contributed by atoms with Crippen molar-refractivity contribution in [3.8, 4) is 0 Å². The largest absolute Gasteiger partial charge is 0.370 e. The second-order valence-corrected chi connectivity index (χ2v) is 2.48. The molecule has 0 bridgehead atoms. The van der Waals surface area contributed by atoms with Crippen molar-refractivity contribution in [3.05, 3.63) is 42.5 Å². The fourth-order valence-corrected chi connectivity index (χ4v) is 0.936. The summed E-state index contributed by atoms with van der Waals surface area (Å²) in [5.74, 6) is 0. The normalized spacial score (nSPS) is 13.2. The van der Waals surface area contributed by atoms with E-state index in [2.05, 4.69) is 5.32 Å². The van der Waals surface area contributed by atoms with Gasteiger partial charge in [0.2, 0.25) is 0 Å². The van der Waals surface area contributed by atoms with E-state index in [1.807, 2.05) is 37.3 Å². The van der Waals surface area contributed by atoms with E-state index in [1.54, 1.807) is 12.2 Å². The zero-order valence-corrected chi connectivity index (χ0v) is 7.07. The van der Waals surface area contributed by atoms with Gasteiger partial charge < -0.3 is 10.4 Å². The Labute approximate surface area is 72.5 Å². The fraction of sp³-hybridized carbons (Fsp3) is 0.200. The lowest BCUT2D eigenvalue weighted by molar-refractivity contribution is 0.252. The van der Waals surface area contributed by atoms with Gasteiger partial charge in [-0.1, -0.05) is 24.3 Å². The molecule has 2 N–H and O–H groups in total. The molecule has 0 aromatic heterocycles. The maximum atomic E-state index is 9.30. The standard InChI is InChI=1S/C10H13NO/c1-2-6-10(12)11-9-7-4-3-5-8-9/h2-8,10-12H,1H3. The van der Waals surface area contributed by atoms with Gasteiger partial charge in [-0.05, 0) is 25.1 Å². The topological polar surface area (TPSA) is 32.3 Å². The molecule has 0 aliphatic heterocycles. The van der Waals surface area contributed by atoms with Gasteiger partial charge in [0, 0.05) is 5.69 Å². The number of nitrogens with one attached hydrogen (secondary N) is 1. The highest BCUT2D eigenvalue weighted by Crippen LogP contribution is 2.06. The van der Waals surface area contributed by atoms with E-state index in [4.69, 9.17) is 0 Å². The van der Waals surface area contributed by atoms with Crippen LogP contribution < -0.4 is 5.32 Å². The zero-order valence-electron chi connectivity index (χ0n) is 7.07. The van der Waals surface area contributed by atoms with Gasteiger partial charge >= 0.3 is 0 Å². The van der Waals surface area contributed by atoms with Crippen molar-refractivity contribution in [2.45, 2.75) is 13.2 Å². The molecule has 1 rings (SSSR count). The van der Waals surface area contributed by atoms with Crippen molar-refractivity contribution in [2.24, 2.45) is 0 Å². The lowest BCUT2D eigenvalue weighted by Gasteiger charge is -2.08. The Hall–Kier alpha value is -1.28. The van der Waals surface area contributed by atoms with E-state index in [1.165, 1.54) is 0 Å². The maximum Gasteiger partial charge on any atom is 0.143 e. The Morgan fingerprint density at radius 3 is 2.58 bits per heavy atom. The van der Waals surface area contributed by atoms with Crippen LogP contribution in [0, 0.1) is 0 Å². The second-order valence-electron chi connectivity index (χ2n) is 2.48. The summed E-state index contributed by atoms with van der Waals surface area (Å²) in [6.07, 6.45) is 2.89. The van der Waals surface area contributed by atoms with Crippen molar-refractivity contribution in [1.29, 1.82) is 0 Å². The molecule has 2 nitrogen and oxygen atoms in total. The lowest BCUT2D eigenvalue weighted by Crippen LogP contribution is -2.14. The average molecular weight is 163 g/mol. The lowest BCUT2D eigenvalue weighted by atomic mass is 10.3. The molecule has 0 spiro atoms. The van der Waals surface area contributed by atoms with Crippen LogP contribution in [0.1, 0.15) is 6.92 Å². The van der Waals surface area contributed by atoms with Crippen molar-refractivity contribution >= 4 is 5.69 Å². The van der Waals surface area contributed by atoms with E-state index >= 15 is 0 Å². The molecule has 12 heavy (non-hydrogen) atoms. The third-order valence-corrected chi connectivity index (χ3v) is 1.46. The third-order valence-electron chi connectivity index (χ3n) is 1.46. The van der Waals surface area contributed by atoms with Crippen molar-refractivity contribution < 1.29 is 5.11 Å². The van der Waals surface area contributed by atoms with Crippen LogP contribution in [0.5, 0.6) is 0 Å². The Morgan fingerprint density at radius 1 is 1.33 bits per heavy atom. The minimum atomic E-state index is -0.600. The number of aliphatic hydroxyl groups excluding tert-OH is 1. The van der Waals surface area contributed by atoms with Gasteiger partial charge in [0.05, 0.1) is 0 Å². The smallest absolute Gasteiger partial charge is 0.143 e. The van der Waals surface area contributed by atoms with Gasteiger partial charge in [0.1, 0.15) is 6.23 Å².